The fourth-order valence-corrected chi connectivity index (χ4v) is 2.22. The zero-order chi connectivity index (χ0) is 13.8. The lowest BCUT2D eigenvalue weighted by molar-refractivity contribution is -0.129. The third-order valence-electron chi connectivity index (χ3n) is 3.49. The summed E-state index contributed by atoms with van der Waals surface area (Å²) in [5, 5.41) is 0. The molecular weight excluding hydrogens is 240 g/mol. The molecule has 0 bridgehead atoms. The van der Waals surface area contributed by atoms with Crippen LogP contribution in [0.5, 0.6) is 0 Å². The number of ketones is 1. The second-order valence-electron chi connectivity index (χ2n) is 5.17. The van der Waals surface area contributed by atoms with Crippen LogP contribution in [0.4, 0.5) is 0 Å². The van der Waals surface area contributed by atoms with Crippen LogP contribution in [-0.4, -0.2) is 54.7 Å². The van der Waals surface area contributed by atoms with Crippen molar-refractivity contribution < 1.29 is 9.59 Å². The molecule has 19 heavy (non-hydrogen) atoms. The van der Waals surface area contributed by atoms with Gasteiger partial charge in [-0.05, 0) is 13.3 Å². The maximum Gasteiger partial charge on any atom is 0.236 e. The molecule has 1 amide bonds. The first-order valence-corrected chi connectivity index (χ1v) is 6.62. The molecule has 4 nitrogen and oxygen atoms in total. The molecule has 1 heterocycles. The average Bonchev–Trinajstić information content (AvgIpc) is 2.53. The van der Waals surface area contributed by atoms with Gasteiger partial charge in [0.1, 0.15) is 0 Å². The number of aryl methyl sites for hydroxylation is 1. The number of benzene rings is 1. The van der Waals surface area contributed by atoms with Crippen molar-refractivity contribution in [3.63, 3.8) is 0 Å². The quantitative estimate of drug-likeness (QED) is 0.770. The van der Waals surface area contributed by atoms with Crippen molar-refractivity contribution in [1.82, 2.24) is 9.80 Å². The van der Waals surface area contributed by atoms with E-state index in [1.54, 1.807) is 4.90 Å². The first-order chi connectivity index (χ1) is 9.06. The lowest BCUT2D eigenvalue weighted by Crippen LogP contribution is -2.37. The van der Waals surface area contributed by atoms with E-state index < -0.39 is 0 Å². The molecule has 102 valence electrons. The van der Waals surface area contributed by atoms with Gasteiger partial charge in [0.2, 0.25) is 5.91 Å². The van der Waals surface area contributed by atoms with E-state index in [0.717, 1.165) is 30.6 Å². The number of carbonyl (C=O) groups excluding carboxylic acids is 2. The summed E-state index contributed by atoms with van der Waals surface area (Å²) >= 11 is 0. The lowest BCUT2D eigenvalue weighted by atomic mass is 10.1. The summed E-state index contributed by atoms with van der Waals surface area (Å²) in [7, 11) is 1.81. The summed E-state index contributed by atoms with van der Waals surface area (Å²) in [6.45, 7) is 4.23. The summed E-state index contributed by atoms with van der Waals surface area (Å²) in [6.07, 6.45) is 0.920. The van der Waals surface area contributed by atoms with E-state index in [1.807, 2.05) is 43.1 Å². The Labute approximate surface area is 114 Å². The molecule has 0 aromatic heterocycles. The first-order valence-electron chi connectivity index (χ1n) is 6.62. The highest BCUT2D eigenvalue weighted by Crippen LogP contribution is 2.07. The molecule has 0 saturated carbocycles. The van der Waals surface area contributed by atoms with Gasteiger partial charge in [-0.25, -0.2) is 0 Å². The minimum Gasteiger partial charge on any atom is -0.345 e. The minimum atomic E-state index is 0.0809. The van der Waals surface area contributed by atoms with Crippen molar-refractivity contribution in [3.8, 4) is 0 Å². The van der Waals surface area contributed by atoms with Gasteiger partial charge in [0.05, 0.1) is 13.1 Å². The Hall–Kier alpha value is -1.68. The monoisotopic (exact) mass is 260 g/mol. The highest BCUT2D eigenvalue weighted by Gasteiger charge is 2.20. The minimum absolute atomic E-state index is 0.0809. The predicted molar refractivity (Wildman–Crippen MR) is 74.2 cm³/mol. The summed E-state index contributed by atoms with van der Waals surface area (Å²) in [6, 6.07) is 7.58. The SMILES string of the molecule is Cc1ccc(C(=O)CN2CCCN(C)C(=O)C2)cc1. The zero-order valence-corrected chi connectivity index (χ0v) is 11.6. The molecule has 1 aromatic carbocycles. The molecule has 1 fully saturated rings. The molecule has 0 spiro atoms. The third kappa shape index (κ3) is 3.64. The molecule has 0 atom stereocenters. The molecule has 0 N–H and O–H groups in total. The molecule has 1 aromatic rings. The Morgan fingerprint density at radius 3 is 2.58 bits per heavy atom. The third-order valence-corrected chi connectivity index (χ3v) is 3.49. The number of rotatable bonds is 3. The normalized spacial score (nSPS) is 17.4. The van der Waals surface area contributed by atoms with Crippen LogP contribution in [0.1, 0.15) is 22.3 Å². The maximum atomic E-state index is 12.2. The van der Waals surface area contributed by atoms with Crippen LogP contribution in [0.25, 0.3) is 0 Å². The predicted octanol–water partition coefficient (Wildman–Crippen LogP) is 1.34. The number of carbonyl (C=O) groups is 2. The molecule has 1 aliphatic rings. The van der Waals surface area contributed by atoms with E-state index in [4.69, 9.17) is 0 Å². The Kier molecular flexibility index (Phi) is 4.32. The van der Waals surface area contributed by atoms with Crippen LogP contribution < -0.4 is 0 Å². The van der Waals surface area contributed by atoms with E-state index >= 15 is 0 Å². The topological polar surface area (TPSA) is 40.6 Å². The van der Waals surface area contributed by atoms with E-state index in [1.165, 1.54) is 0 Å². The summed E-state index contributed by atoms with van der Waals surface area (Å²) in [4.78, 5) is 27.6. The highest BCUT2D eigenvalue weighted by atomic mass is 16.2. The number of likely N-dealkylation sites (N-methyl/N-ethyl adjacent to an activating group) is 1. The Morgan fingerprint density at radius 1 is 1.21 bits per heavy atom. The van der Waals surface area contributed by atoms with Crippen molar-refractivity contribution in [3.05, 3.63) is 35.4 Å². The van der Waals surface area contributed by atoms with Crippen LogP contribution in [-0.2, 0) is 4.79 Å². The van der Waals surface area contributed by atoms with Gasteiger partial charge in [-0.3, -0.25) is 14.5 Å². The number of Topliss-reactive ketones (excluding diaryl/α,β-unsaturated/α-hetero) is 1. The van der Waals surface area contributed by atoms with Gasteiger partial charge in [0.15, 0.2) is 5.78 Å². The Bertz CT molecular complexity index is 468. The molecule has 4 heteroatoms. The molecular formula is C15H20N2O2. The van der Waals surface area contributed by atoms with Gasteiger partial charge >= 0.3 is 0 Å². The summed E-state index contributed by atoms with van der Waals surface area (Å²) in [5.41, 5.74) is 1.86. The largest absolute Gasteiger partial charge is 0.345 e. The molecule has 0 unspecified atom stereocenters. The molecule has 1 saturated heterocycles. The maximum absolute atomic E-state index is 12.2. The molecule has 1 aliphatic heterocycles. The summed E-state index contributed by atoms with van der Waals surface area (Å²) < 4.78 is 0. The van der Waals surface area contributed by atoms with Crippen molar-refractivity contribution in [2.75, 3.05) is 33.2 Å². The van der Waals surface area contributed by atoms with E-state index in [0.29, 0.717) is 13.1 Å². The van der Waals surface area contributed by atoms with Crippen molar-refractivity contribution >= 4 is 11.7 Å². The highest BCUT2D eigenvalue weighted by molar-refractivity contribution is 5.97. The van der Waals surface area contributed by atoms with Gasteiger partial charge in [-0.15, -0.1) is 0 Å². The standard InChI is InChI=1S/C15H20N2O2/c1-12-4-6-13(7-5-12)14(18)10-17-9-3-8-16(2)15(19)11-17/h4-7H,3,8-11H2,1-2H3. The van der Waals surface area contributed by atoms with Crippen LogP contribution in [0.2, 0.25) is 0 Å². The summed E-state index contributed by atoms with van der Waals surface area (Å²) in [5.74, 6) is 0.173. The van der Waals surface area contributed by atoms with Crippen LogP contribution >= 0.6 is 0 Å². The van der Waals surface area contributed by atoms with Crippen LogP contribution in [0.3, 0.4) is 0 Å². The number of amides is 1. The Balaban J connectivity index is 1.98. The first kappa shape index (κ1) is 13.7. The van der Waals surface area contributed by atoms with Crippen LogP contribution in [0, 0.1) is 6.92 Å². The average molecular weight is 260 g/mol. The van der Waals surface area contributed by atoms with Gasteiger partial charge in [0.25, 0.3) is 0 Å². The number of nitrogens with zero attached hydrogens (tertiary/aromatic N) is 2. The fraction of sp³-hybridized carbons (Fsp3) is 0.467. The van der Waals surface area contributed by atoms with E-state index in [-0.39, 0.29) is 11.7 Å². The Morgan fingerprint density at radius 2 is 1.89 bits per heavy atom. The second-order valence-corrected chi connectivity index (χ2v) is 5.17. The van der Waals surface area contributed by atoms with Gasteiger partial charge < -0.3 is 4.90 Å². The fourth-order valence-electron chi connectivity index (χ4n) is 2.22. The van der Waals surface area contributed by atoms with Crippen molar-refractivity contribution in [2.45, 2.75) is 13.3 Å². The van der Waals surface area contributed by atoms with Crippen molar-refractivity contribution in [1.29, 1.82) is 0 Å². The molecule has 0 aliphatic carbocycles. The van der Waals surface area contributed by atoms with Crippen molar-refractivity contribution in [2.24, 2.45) is 0 Å². The van der Waals surface area contributed by atoms with Gasteiger partial charge in [0, 0.05) is 25.7 Å². The van der Waals surface area contributed by atoms with E-state index in [9.17, 15) is 9.59 Å². The van der Waals surface area contributed by atoms with E-state index in [2.05, 4.69) is 0 Å². The van der Waals surface area contributed by atoms with Gasteiger partial charge in [-0.1, -0.05) is 29.8 Å². The number of hydrogen-bond acceptors (Lipinski definition) is 3. The zero-order valence-electron chi connectivity index (χ0n) is 11.6. The van der Waals surface area contributed by atoms with Crippen LogP contribution in [0.15, 0.2) is 24.3 Å². The number of hydrogen-bond donors (Lipinski definition) is 0. The smallest absolute Gasteiger partial charge is 0.236 e. The second kappa shape index (κ2) is 5.97. The molecule has 2 rings (SSSR count). The molecule has 0 radical (unpaired) electrons. The lowest BCUT2D eigenvalue weighted by Gasteiger charge is -2.18. The van der Waals surface area contributed by atoms with Gasteiger partial charge in [-0.2, -0.15) is 0 Å².